The number of methoxy groups -OCH3 is 1. The van der Waals surface area contributed by atoms with E-state index in [1.165, 1.54) is 4.90 Å². The number of hydrogen-bond donors (Lipinski definition) is 1. The Morgan fingerprint density at radius 3 is 2.34 bits per heavy atom. The topological polar surface area (TPSA) is 96.0 Å². The highest BCUT2D eigenvalue weighted by molar-refractivity contribution is 9.10. The first-order chi connectivity index (χ1) is 15.1. The number of carbonyl (C=O) groups is 2. The lowest BCUT2D eigenvalue weighted by molar-refractivity contribution is -0.139. The molecule has 2 rings (SSSR count). The molecule has 1 atom stereocenters. The summed E-state index contributed by atoms with van der Waals surface area (Å²) >= 11 is 3.33. The zero-order chi connectivity index (χ0) is 23.9. The average Bonchev–Trinajstić information content (AvgIpc) is 2.75. The maximum absolute atomic E-state index is 13.3. The number of halogens is 1. The second-order valence-electron chi connectivity index (χ2n) is 7.19. The van der Waals surface area contributed by atoms with E-state index in [1.54, 1.807) is 69.5 Å². The standard InChI is InChI=1S/C22H28BrN3O5S/c1-5-24-22(28)16(2)25(14-17-9-11-20(31-3)12-10-17)21(27)15-26(32(4,29)30)19-8-6-7-18(23)13-19/h6-13,16H,5,14-15H2,1-4H3,(H,24,28). The first-order valence-corrected chi connectivity index (χ1v) is 12.6. The number of nitrogens with one attached hydrogen (secondary N) is 1. The van der Waals surface area contributed by atoms with Crippen LogP contribution in [0, 0.1) is 0 Å². The molecule has 0 radical (unpaired) electrons. The number of carbonyl (C=O) groups excluding carboxylic acids is 2. The van der Waals surface area contributed by atoms with Gasteiger partial charge in [-0.2, -0.15) is 0 Å². The predicted octanol–water partition coefficient (Wildman–Crippen LogP) is 2.78. The molecule has 1 unspecified atom stereocenters. The third kappa shape index (κ3) is 6.96. The van der Waals surface area contributed by atoms with Gasteiger partial charge in [0.25, 0.3) is 0 Å². The van der Waals surface area contributed by atoms with Crippen molar-refractivity contribution < 1.29 is 22.7 Å². The normalized spacial score (nSPS) is 12.0. The van der Waals surface area contributed by atoms with E-state index in [-0.39, 0.29) is 12.5 Å². The van der Waals surface area contributed by atoms with Crippen LogP contribution in [0.4, 0.5) is 5.69 Å². The van der Waals surface area contributed by atoms with Crippen molar-refractivity contribution >= 4 is 43.5 Å². The molecule has 32 heavy (non-hydrogen) atoms. The number of rotatable bonds is 10. The summed E-state index contributed by atoms with van der Waals surface area (Å²) < 4.78 is 31.8. The smallest absolute Gasteiger partial charge is 0.244 e. The summed E-state index contributed by atoms with van der Waals surface area (Å²) in [6, 6.07) is 13.0. The second kappa shape index (κ2) is 11.3. The summed E-state index contributed by atoms with van der Waals surface area (Å²) in [6.45, 7) is 3.53. The van der Waals surface area contributed by atoms with E-state index >= 15 is 0 Å². The highest BCUT2D eigenvalue weighted by Gasteiger charge is 2.29. The molecule has 2 aromatic carbocycles. The summed E-state index contributed by atoms with van der Waals surface area (Å²) in [6.07, 6.45) is 1.04. The van der Waals surface area contributed by atoms with E-state index < -0.39 is 28.5 Å². The van der Waals surface area contributed by atoms with Crippen molar-refractivity contribution in [3.05, 3.63) is 58.6 Å². The van der Waals surface area contributed by atoms with Gasteiger partial charge in [-0.1, -0.05) is 34.1 Å². The van der Waals surface area contributed by atoms with Crippen LogP contribution in [0.1, 0.15) is 19.4 Å². The Hall–Kier alpha value is -2.59. The van der Waals surface area contributed by atoms with Gasteiger partial charge >= 0.3 is 0 Å². The van der Waals surface area contributed by atoms with Gasteiger partial charge in [0.15, 0.2) is 0 Å². The van der Waals surface area contributed by atoms with Crippen LogP contribution in [0.2, 0.25) is 0 Å². The molecule has 0 aliphatic carbocycles. The third-order valence-electron chi connectivity index (χ3n) is 4.81. The molecule has 1 N–H and O–H groups in total. The van der Waals surface area contributed by atoms with Crippen molar-refractivity contribution in [1.82, 2.24) is 10.2 Å². The maximum Gasteiger partial charge on any atom is 0.244 e. The Labute approximate surface area is 197 Å². The minimum Gasteiger partial charge on any atom is -0.497 e. The molecule has 0 saturated carbocycles. The predicted molar refractivity (Wildman–Crippen MR) is 128 cm³/mol. The number of benzene rings is 2. The number of nitrogens with zero attached hydrogens (tertiary/aromatic N) is 2. The zero-order valence-corrected chi connectivity index (χ0v) is 20.9. The van der Waals surface area contributed by atoms with E-state index in [4.69, 9.17) is 4.74 Å². The minimum absolute atomic E-state index is 0.136. The van der Waals surface area contributed by atoms with E-state index in [9.17, 15) is 18.0 Å². The van der Waals surface area contributed by atoms with Crippen LogP contribution in [0.25, 0.3) is 0 Å². The number of ether oxygens (including phenoxy) is 1. The molecule has 2 aromatic rings. The molecular weight excluding hydrogens is 498 g/mol. The van der Waals surface area contributed by atoms with Gasteiger partial charge in [0.05, 0.1) is 19.1 Å². The van der Waals surface area contributed by atoms with Gasteiger partial charge in [0, 0.05) is 17.6 Å². The van der Waals surface area contributed by atoms with Crippen molar-refractivity contribution in [3.8, 4) is 5.75 Å². The lowest BCUT2D eigenvalue weighted by Gasteiger charge is -2.31. The summed E-state index contributed by atoms with van der Waals surface area (Å²) in [5, 5.41) is 2.72. The molecule has 8 nitrogen and oxygen atoms in total. The fourth-order valence-corrected chi connectivity index (χ4v) is 4.31. The number of amides is 2. The van der Waals surface area contributed by atoms with Crippen molar-refractivity contribution in [1.29, 1.82) is 0 Å². The average molecular weight is 526 g/mol. The lowest BCUT2D eigenvalue weighted by atomic mass is 10.1. The van der Waals surface area contributed by atoms with Gasteiger partial charge in [-0.15, -0.1) is 0 Å². The fraction of sp³-hybridized carbons (Fsp3) is 0.364. The number of likely N-dealkylation sites (N-methyl/N-ethyl adjacent to an activating group) is 1. The Balaban J connectivity index is 2.36. The van der Waals surface area contributed by atoms with Crippen molar-refractivity contribution in [2.75, 3.05) is 30.8 Å². The zero-order valence-electron chi connectivity index (χ0n) is 18.5. The second-order valence-corrected chi connectivity index (χ2v) is 10.0. The highest BCUT2D eigenvalue weighted by Crippen LogP contribution is 2.23. The maximum atomic E-state index is 13.3. The van der Waals surface area contributed by atoms with E-state index in [2.05, 4.69) is 21.2 Å². The molecule has 0 bridgehead atoms. The number of hydrogen-bond acceptors (Lipinski definition) is 5. The molecule has 0 aromatic heterocycles. The summed E-state index contributed by atoms with van der Waals surface area (Å²) in [5.41, 5.74) is 1.13. The molecule has 0 aliphatic heterocycles. The SMILES string of the molecule is CCNC(=O)C(C)N(Cc1ccc(OC)cc1)C(=O)CN(c1cccc(Br)c1)S(C)(=O)=O. The van der Waals surface area contributed by atoms with Crippen LogP contribution in [-0.4, -0.2) is 57.6 Å². The van der Waals surface area contributed by atoms with Crippen LogP contribution in [0.3, 0.4) is 0 Å². The summed E-state index contributed by atoms with van der Waals surface area (Å²) in [4.78, 5) is 27.2. The van der Waals surface area contributed by atoms with Crippen molar-refractivity contribution in [2.24, 2.45) is 0 Å². The number of anilines is 1. The first kappa shape index (κ1) is 25.7. The fourth-order valence-electron chi connectivity index (χ4n) is 3.08. The van der Waals surface area contributed by atoms with Crippen molar-refractivity contribution in [2.45, 2.75) is 26.4 Å². The molecule has 0 aliphatic rings. The van der Waals surface area contributed by atoms with E-state index in [0.717, 1.165) is 16.1 Å². The Morgan fingerprint density at radius 1 is 1.16 bits per heavy atom. The lowest BCUT2D eigenvalue weighted by Crippen LogP contribution is -2.51. The van der Waals surface area contributed by atoms with Crippen molar-refractivity contribution in [3.63, 3.8) is 0 Å². The summed E-state index contributed by atoms with van der Waals surface area (Å²) in [7, 11) is -2.19. The largest absolute Gasteiger partial charge is 0.497 e. The molecule has 0 spiro atoms. The molecule has 174 valence electrons. The monoisotopic (exact) mass is 525 g/mol. The molecular formula is C22H28BrN3O5S. The van der Waals surface area contributed by atoms with Crippen LogP contribution in [0.15, 0.2) is 53.0 Å². The Kier molecular flexibility index (Phi) is 9.09. The summed E-state index contributed by atoms with van der Waals surface area (Å²) in [5.74, 6) is -0.144. The van der Waals surface area contributed by atoms with E-state index in [0.29, 0.717) is 22.5 Å². The highest BCUT2D eigenvalue weighted by atomic mass is 79.9. The van der Waals surface area contributed by atoms with Gasteiger partial charge in [-0.05, 0) is 49.7 Å². The van der Waals surface area contributed by atoms with Crippen LogP contribution >= 0.6 is 15.9 Å². The van der Waals surface area contributed by atoms with Crippen LogP contribution < -0.4 is 14.4 Å². The Bertz CT molecular complexity index is 1040. The molecule has 0 fully saturated rings. The van der Waals surface area contributed by atoms with Crippen LogP contribution in [0.5, 0.6) is 5.75 Å². The first-order valence-electron chi connectivity index (χ1n) is 10.00. The van der Waals surface area contributed by atoms with Gasteiger partial charge in [-0.3, -0.25) is 13.9 Å². The van der Waals surface area contributed by atoms with Gasteiger partial charge < -0.3 is 15.0 Å². The Morgan fingerprint density at radius 2 is 1.81 bits per heavy atom. The van der Waals surface area contributed by atoms with Gasteiger partial charge in [0.2, 0.25) is 21.8 Å². The van der Waals surface area contributed by atoms with Crippen LogP contribution in [-0.2, 0) is 26.2 Å². The molecule has 10 heteroatoms. The van der Waals surface area contributed by atoms with E-state index in [1.807, 2.05) is 0 Å². The number of sulfonamides is 1. The molecule has 0 saturated heterocycles. The van der Waals surface area contributed by atoms with Gasteiger partial charge in [-0.25, -0.2) is 8.42 Å². The third-order valence-corrected chi connectivity index (χ3v) is 6.44. The molecule has 0 heterocycles. The van der Waals surface area contributed by atoms with Gasteiger partial charge in [0.1, 0.15) is 18.3 Å². The molecule has 2 amide bonds. The quantitative estimate of drug-likeness (QED) is 0.514. The minimum atomic E-state index is -3.75.